The number of anilines is 1. The normalized spacial score (nSPS) is 11.9. The van der Waals surface area contributed by atoms with Gasteiger partial charge < -0.3 is 10.6 Å². The third-order valence-corrected chi connectivity index (χ3v) is 3.12. The van der Waals surface area contributed by atoms with Gasteiger partial charge >= 0.3 is 0 Å². The Hall–Kier alpha value is -2.20. The Morgan fingerprint density at radius 3 is 2.65 bits per heavy atom. The first-order chi connectivity index (χ1) is 9.66. The first-order valence-corrected chi connectivity index (χ1v) is 6.66. The number of carbonyl (C=O) groups excluding carboxylic acids is 1. The van der Waals surface area contributed by atoms with Gasteiger partial charge in [0.15, 0.2) is 0 Å². The second-order valence-corrected chi connectivity index (χ2v) is 4.72. The number of amides is 1. The molecule has 1 atom stereocenters. The van der Waals surface area contributed by atoms with E-state index in [0.717, 1.165) is 16.9 Å². The average molecular weight is 269 g/mol. The molecular formula is C16H19N3O. The zero-order valence-electron chi connectivity index (χ0n) is 11.8. The fourth-order valence-corrected chi connectivity index (χ4v) is 1.89. The molecule has 20 heavy (non-hydrogen) atoms. The lowest BCUT2D eigenvalue weighted by Gasteiger charge is -2.13. The lowest BCUT2D eigenvalue weighted by atomic mass is 10.2. The van der Waals surface area contributed by atoms with Crippen LogP contribution >= 0.6 is 0 Å². The number of carbonyl (C=O) groups is 1. The van der Waals surface area contributed by atoms with Crippen molar-refractivity contribution in [3.05, 3.63) is 59.9 Å². The molecule has 1 amide bonds. The predicted molar refractivity (Wildman–Crippen MR) is 80.5 cm³/mol. The zero-order valence-corrected chi connectivity index (χ0v) is 11.8. The van der Waals surface area contributed by atoms with Crippen molar-refractivity contribution in [1.29, 1.82) is 0 Å². The molecule has 0 fully saturated rings. The Kier molecular flexibility index (Phi) is 4.85. The molecule has 0 radical (unpaired) electrons. The summed E-state index contributed by atoms with van der Waals surface area (Å²) in [6.07, 6.45) is 1.75. The minimum atomic E-state index is -0.0536. The highest BCUT2D eigenvalue weighted by Crippen LogP contribution is 2.13. The summed E-state index contributed by atoms with van der Waals surface area (Å²) < 4.78 is 0. The van der Waals surface area contributed by atoms with Crippen molar-refractivity contribution in [2.75, 3.05) is 11.9 Å². The average Bonchev–Trinajstić information content (AvgIpc) is 2.48. The second kappa shape index (κ2) is 6.82. The number of para-hydroxylation sites is 1. The molecule has 104 valence electrons. The molecule has 0 spiro atoms. The van der Waals surface area contributed by atoms with E-state index in [9.17, 15) is 4.79 Å². The van der Waals surface area contributed by atoms with Gasteiger partial charge in [-0.1, -0.05) is 24.3 Å². The molecule has 2 rings (SSSR count). The van der Waals surface area contributed by atoms with Crippen molar-refractivity contribution in [2.24, 2.45) is 0 Å². The summed E-state index contributed by atoms with van der Waals surface area (Å²) in [4.78, 5) is 16.2. The van der Waals surface area contributed by atoms with Crippen LogP contribution in [0.3, 0.4) is 0 Å². The lowest BCUT2D eigenvalue weighted by Crippen LogP contribution is -2.30. The van der Waals surface area contributed by atoms with Gasteiger partial charge in [0.1, 0.15) is 0 Å². The molecule has 2 aromatic rings. The van der Waals surface area contributed by atoms with Gasteiger partial charge in [0, 0.05) is 17.9 Å². The molecule has 0 bridgehead atoms. The zero-order chi connectivity index (χ0) is 14.4. The first kappa shape index (κ1) is 14.2. The standard InChI is InChI=1S/C16H19N3O/c1-12-7-3-4-8-14(12)19-16(20)11-18-13(2)15-9-5-6-10-17-15/h3-10,13,18H,11H2,1-2H3,(H,19,20)/t13-/m1/s1. The van der Waals surface area contributed by atoms with Crippen molar-refractivity contribution in [2.45, 2.75) is 19.9 Å². The Balaban J connectivity index is 1.85. The number of aryl methyl sites for hydroxylation is 1. The van der Waals surface area contributed by atoms with Gasteiger partial charge in [-0.3, -0.25) is 9.78 Å². The predicted octanol–water partition coefficient (Wildman–Crippen LogP) is 2.68. The summed E-state index contributed by atoms with van der Waals surface area (Å²) in [7, 11) is 0. The van der Waals surface area contributed by atoms with Crippen LogP contribution in [-0.4, -0.2) is 17.4 Å². The Labute approximate surface area is 119 Å². The van der Waals surface area contributed by atoms with Crippen LogP contribution in [0.2, 0.25) is 0 Å². The maximum Gasteiger partial charge on any atom is 0.238 e. The number of nitrogens with zero attached hydrogens (tertiary/aromatic N) is 1. The first-order valence-electron chi connectivity index (χ1n) is 6.66. The largest absolute Gasteiger partial charge is 0.325 e. The number of rotatable bonds is 5. The monoisotopic (exact) mass is 269 g/mol. The number of benzene rings is 1. The summed E-state index contributed by atoms with van der Waals surface area (Å²) >= 11 is 0. The van der Waals surface area contributed by atoms with Gasteiger partial charge in [-0.15, -0.1) is 0 Å². The molecule has 0 saturated heterocycles. The number of aromatic nitrogens is 1. The van der Waals surface area contributed by atoms with Crippen molar-refractivity contribution in [3.8, 4) is 0 Å². The molecule has 0 aliphatic heterocycles. The van der Waals surface area contributed by atoms with Gasteiger partial charge in [0.05, 0.1) is 12.2 Å². The van der Waals surface area contributed by atoms with E-state index in [2.05, 4.69) is 15.6 Å². The molecule has 0 unspecified atom stereocenters. The molecule has 4 heteroatoms. The Morgan fingerprint density at radius 1 is 1.20 bits per heavy atom. The van der Waals surface area contributed by atoms with Crippen LogP contribution in [-0.2, 0) is 4.79 Å². The quantitative estimate of drug-likeness (QED) is 0.877. The third kappa shape index (κ3) is 3.90. The van der Waals surface area contributed by atoms with E-state index in [1.165, 1.54) is 0 Å². The highest BCUT2D eigenvalue weighted by Gasteiger charge is 2.09. The van der Waals surface area contributed by atoms with Gasteiger partial charge in [0.25, 0.3) is 0 Å². The van der Waals surface area contributed by atoms with Crippen LogP contribution in [0, 0.1) is 6.92 Å². The van der Waals surface area contributed by atoms with Crippen LogP contribution in [0.25, 0.3) is 0 Å². The minimum absolute atomic E-state index is 0.0406. The minimum Gasteiger partial charge on any atom is -0.325 e. The van der Waals surface area contributed by atoms with Crippen molar-refractivity contribution in [3.63, 3.8) is 0 Å². The molecular weight excluding hydrogens is 250 g/mol. The molecule has 2 N–H and O–H groups in total. The van der Waals surface area contributed by atoms with E-state index < -0.39 is 0 Å². The third-order valence-electron chi connectivity index (χ3n) is 3.12. The fourth-order valence-electron chi connectivity index (χ4n) is 1.89. The van der Waals surface area contributed by atoms with E-state index in [0.29, 0.717) is 0 Å². The van der Waals surface area contributed by atoms with Gasteiger partial charge in [-0.25, -0.2) is 0 Å². The number of pyridine rings is 1. The maximum atomic E-state index is 11.9. The summed E-state index contributed by atoms with van der Waals surface area (Å²) in [5.74, 6) is -0.0536. The van der Waals surface area contributed by atoms with Crippen LogP contribution in [0.1, 0.15) is 24.2 Å². The SMILES string of the molecule is Cc1ccccc1NC(=O)CN[C@H](C)c1ccccn1. The van der Waals surface area contributed by atoms with Crippen LogP contribution < -0.4 is 10.6 Å². The lowest BCUT2D eigenvalue weighted by molar-refractivity contribution is -0.115. The van der Waals surface area contributed by atoms with E-state index in [1.807, 2.05) is 56.3 Å². The summed E-state index contributed by atoms with van der Waals surface area (Å²) in [5, 5.41) is 6.06. The van der Waals surface area contributed by atoms with E-state index in [1.54, 1.807) is 6.20 Å². The summed E-state index contributed by atoms with van der Waals surface area (Å²) in [6.45, 7) is 4.22. The van der Waals surface area contributed by atoms with Crippen LogP contribution in [0.4, 0.5) is 5.69 Å². The number of hydrogen-bond acceptors (Lipinski definition) is 3. The molecule has 4 nitrogen and oxygen atoms in total. The number of nitrogens with one attached hydrogen (secondary N) is 2. The molecule has 0 saturated carbocycles. The van der Waals surface area contributed by atoms with Crippen molar-refractivity contribution < 1.29 is 4.79 Å². The van der Waals surface area contributed by atoms with Crippen LogP contribution in [0.5, 0.6) is 0 Å². The topological polar surface area (TPSA) is 54.0 Å². The van der Waals surface area contributed by atoms with E-state index >= 15 is 0 Å². The molecule has 1 aromatic carbocycles. The number of hydrogen-bond donors (Lipinski definition) is 2. The van der Waals surface area contributed by atoms with Crippen molar-refractivity contribution in [1.82, 2.24) is 10.3 Å². The van der Waals surface area contributed by atoms with Crippen LogP contribution in [0.15, 0.2) is 48.7 Å². The molecule has 0 aliphatic rings. The van der Waals surface area contributed by atoms with E-state index in [4.69, 9.17) is 0 Å². The second-order valence-electron chi connectivity index (χ2n) is 4.72. The Morgan fingerprint density at radius 2 is 1.95 bits per heavy atom. The van der Waals surface area contributed by atoms with Gasteiger partial charge in [-0.2, -0.15) is 0 Å². The maximum absolute atomic E-state index is 11.9. The molecule has 0 aliphatic carbocycles. The highest BCUT2D eigenvalue weighted by molar-refractivity contribution is 5.92. The van der Waals surface area contributed by atoms with Gasteiger partial charge in [0.2, 0.25) is 5.91 Å². The van der Waals surface area contributed by atoms with Crippen molar-refractivity contribution >= 4 is 11.6 Å². The van der Waals surface area contributed by atoms with Gasteiger partial charge in [-0.05, 0) is 37.6 Å². The highest BCUT2D eigenvalue weighted by atomic mass is 16.1. The molecule has 1 aromatic heterocycles. The summed E-state index contributed by atoms with van der Waals surface area (Å²) in [6, 6.07) is 13.5. The smallest absolute Gasteiger partial charge is 0.238 e. The summed E-state index contributed by atoms with van der Waals surface area (Å²) in [5.41, 5.74) is 2.83. The van der Waals surface area contributed by atoms with E-state index in [-0.39, 0.29) is 18.5 Å². The molecule has 1 heterocycles. The Bertz CT molecular complexity index is 569. The fraction of sp³-hybridized carbons (Fsp3) is 0.250.